The Labute approximate surface area is 291 Å². The van der Waals surface area contributed by atoms with Gasteiger partial charge in [0, 0.05) is 35.1 Å². The minimum Gasteiger partial charge on any atom is -0.496 e. The zero-order valence-electron chi connectivity index (χ0n) is 28.9. The van der Waals surface area contributed by atoms with Crippen LogP contribution in [0.3, 0.4) is 0 Å². The molecule has 4 aromatic rings. The maximum atomic E-state index is 13.7. The van der Waals surface area contributed by atoms with Crippen molar-refractivity contribution in [3.05, 3.63) is 130 Å². The van der Waals surface area contributed by atoms with Crippen LogP contribution in [0.5, 0.6) is 11.5 Å². The van der Waals surface area contributed by atoms with Crippen molar-refractivity contribution in [1.29, 1.82) is 11.0 Å². The number of nitrogens with two attached hydrogens (primary N) is 4. The summed E-state index contributed by atoms with van der Waals surface area (Å²) < 4.78 is 77.3. The number of allylic oxidation sites excluding steroid dienone is 2. The van der Waals surface area contributed by atoms with E-state index in [4.69, 9.17) is 34.0 Å². The molecule has 258 valence electrons. The van der Waals surface area contributed by atoms with Gasteiger partial charge in [0.15, 0.2) is 0 Å². The highest BCUT2D eigenvalue weighted by Crippen LogP contribution is 2.53. The average Bonchev–Trinajstić information content (AvgIpc) is 3.13. The third kappa shape index (κ3) is 4.90. The Balaban J connectivity index is 1.55. The molecular weight excluding hydrogens is 681 g/mol. The van der Waals surface area contributed by atoms with Gasteiger partial charge in [0.05, 0.1) is 37.0 Å². The van der Waals surface area contributed by atoms with E-state index in [1.54, 1.807) is 84.9 Å². The van der Waals surface area contributed by atoms with Crippen LogP contribution in [0, 0.1) is 11.0 Å². The molecule has 2 aliphatic carbocycles. The summed E-state index contributed by atoms with van der Waals surface area (Å²) in [4.78, 5) is 0. The first-order valence-electron chi connectivity index (χ1n) is 15.9. The van der Waals surface area contributed by atoms with Crippen LogP contribution in [0.2, 0.25) is 2.82 Å². The summed E-state index contributed by atoms with van der Waals surface area (Å²) in [5, 5.41) is 19.7. The number of nitrogens with one attached hydrogen (secondary N) is 2. The van der Waals surface area contributed by atoms with E-state index in [0.717, 1.165) is 0 Å². The number of ether oxygens (including phenoxy) is 2. The molecular formula is C34H34N8O6S2. The van der Waals surface area contributed by atoms with Crippen molar-refractivity contribution < 1.29 is 29.1 Å². The second kappa shape index (κ2) is 12.2. The van der Waals surface area contributed by atoms with Crippen LogP contribution in [0.4, 0.5) is 0 Å². The molecule has 0 spiro atoms. The highest BCUT2D eigenvalue weighted by molar-refractivity contribution is 7.90. The maximum Gasteiger partial charge on any atom is 0.223 e. The van der Waals surface area contributed by atoms with E-state index in [-0.39, 0.29) is 58.3 Å². The standard InChI is InChI=1S/C34H34N8O6S2/c1-47-29-15-19(11-13-25(29)33(49(39,43)44)17-27(41-37)31(35)21-7-3-5-9-23(21)33)20-12-14-26(30(16-20)48-2)34(50(40,45)46)18-28(42-38)32(36)22-8-4-6-10-24(22)34/h3-16,37-38H,17-18,35-36H2,1-2H3,(H2,39,43,44)(H2,40,45,46)/b41-37+,42-38+. The van der Waals surface area contributed by atoms with Gasteiger partial charge in [0.25, 0.3) is 0 Å². The third-order valence-electron chi connectivity index (χ3n) is 9.58. The lowest BCUT2D eigenvalue weighted by atomic mass is 9.77. The van der Waals surface area contributed by atoms with E-state index in [9.17, 15) is 16.8 Å². The first-order valence-corrected chi connectivity index (χ1v) is 18.1. The minimum absolute atomic E-state index is 0.0613. The molecule has 0 heterocycles. The fraction of sp³-hybridized carbons (Fsp3) is 0.176. The number of primary sulfonamides is 2. The van der Waals surface area contributed by atoms with Crippen LogP contribution in [0.25, 0.3) is 22.5 Å². The quantitative estimate of drug-likeness (QED) is 0.134. The molecule has 6 rings (SSSR count). The number of sulfonamides is 2. The lowest BCUT2D eigenvalue weighted by Gasteiger charge is -2.38. The number of rotatable bonds is 9. The molecule has 2 atom stereocenters. The Hall–Kier alpha value is -5.42. The van der Waals surface area contributed by atoms with Crippen LogP contribution in [-0.4, -0.2) is 31.1 Å². The molecule has 0 saturated carbocycles. The first-order chi connectivity index (χ1) is 24.7. The summed E-state index contributed by atoms with van der Waals surface area (Å²) in [5.74, 6) is 0.306. The van der Waals surface area contributed by atoms with Crippen LogP contribution in [0.15, 0.2) is 107 Å². The molecule has 14 nitrogen and oxygen atoms in total. The van der Waals surface area contributed by atoms with E-state index in [0.29, 0.717) is 33.4 Å². The topological polar surface area (TPSA) is 263 Å². The van der Waals surface area contributed by atoms with E-state index >= 15 is 0 Å². The molecule has 0 amide bonds. The number of nitrogens with zero attached hydrogens (tertiary/aromatic N) is 2. The zero-order valence-corrected chi connectivity index (χ0v) is 28.5. The van der Waals surface area contributed by atoms with Crippen LogP contribution in [-0.2, 0) is 29.5 Å². The van der Waals surface area contributed by atoms with Gasteiger partial charge in [-0.2, -0.15) is 10.2 Å². The van der Waals surface area contributed by atoms with Crippen molar-refractivity contribution in [1.82, 2.24) is 0 Å². The van der Waals surface area contributed by atoms with E-state index in [2.05, 4.69) is 21.3 Å². The van der Waals surface area contributed by atoms with Crippen molar-refractivity contribution >= 4 is 31.4 Å². The Kier molecular flexibility index (Phi) is 7.75. The zero-order chi connectivity index (χ0) is 37.6. The Morgan fingerprint density at radius 1 is 0.640 bits per heavy atom. The smallest absolute Gasteiger partial charge is 0.223 e. The molecule has 0 bridgehead atoms. The Morgan fingerprint density at radius 3 is 1.36 bits per heavy atom. The summed E-state index contributed by atoms with van der Waals surface area (Å²) >= 11 is 0. The molecule has 50 heavy (non-hydrogen) atoms. The average molecular weight is 715 g/mol. The molecule has 4 aromatic carbocycles. The second-order valence-electron chi connectivity index (χ2n) is 11.9. The highest BCUT2D eigenvalue weighted by atomic mass is 32.2. The second-order valence-corrected chi connectivity index (χ2v) is 15.5. The number of hydrogen-bond donors (Lipinski definition) is 6. The molecule has 0 saturated heterocycles. The lowest BCUT2D eigenvalue weighted by Crippen LogP contribution is -2.45. The molecule has 16 heteroatoms. The van der Waals surface area contributed by atoms with E-state index < -0.39 is 29.5 Å². The molecule has 0 aromatic heterocycles. The van der Waals surface area contributed by atoms with Gasteiger partial charge < -0.3 is 20.9 Å². The number of benzene rings is 4. The van der Waals surface area contributed by atoms with Gasteiger partial charge in [-0.05, 0) is 34.4 Å². The fourth-order valence-electron chi connectivity index (χ4n) is 7.19. The van der Waals surface area contributed by atoms with Gasteiger partial charge in [0.1, 0.15) is 21.0 Å². The molecule has 0 fully saturated rings. The van der Waals surface area contributed by atoms with Gasteiger partial charge in [0.2, 0.25) is 22.9 Å². The van der Waals surface area contributed by atoms with Gasteiger partial charge >= 0.3 is 0 Å². The Bertz CT molecular complexity index is 2300. The van der Waals surface area contributed by atoms with E-state index in [1.807, 2.05) is 0 Å². The fourth-order valence-corrected chi connectivity index (χ4v) is 9.78. The van der Waals surface area contributed by atoms with Gasteiger partial charge in [-0.1, -0.05) is 72.8 Å². The summed E-state index contributed by atoms with van der Waals surface area (Å²) in [6, 6.07) is 22.9. The number of hydrogen-bond acceptors (Lipinski definition) is 12. The monoisotopic (exact) mass is 714 g/mol. The van der Waals surface area contributed by atoms with Crippen molar-refractivity contribution in [3.63, 3.8) is 0 Å². The molecule has 0 radical (unpaired) electrons. The normalized spacial score (nSPS) is 21.5. The first kappa shape index (κ1) is 31.8. The predicted molar refractivity (Wildman–Crippen MR) is 187 cm³/mol. The molecule has 2 unspecified atom stereocenters. The third-order valence-corrected chi connectivity index (χ3v) is 12.7. The molecule has 2 aliphatic rings. The van der Waals surface area contributed by atoms with Crippen molar-refractivity contribution in [2.45, 2.75) is 22.3 Å². The summed E-state index contributed by atoms with van der Waals surface area (Å²) in [6.07, 6.45) is -0.653. The van der Waals surface area contributed by atoms with E-state index in [1.165, 1.54) is 14.2 Å². The largest absolute Gasteiger partial charge is 0.496 e. The minimum atomic E-state index is -4.49. The lowest BCUT2D eigenvalue weighted by molar-refractivity contribution is 0.402. The number of fused-ring (bicyclic) bond motifs is 2. The van der Waals surface area contributed by atoms with Crippen molar-refractivity contribution in [2.75, 3.05) is 14.2 Å². The van der Waals surface area contributed by atoms with Crippen LogP contribution < -0.4 is 31.2 Å². The highest BCUT2D eigenvalue weighted by Gasteiger charge is 2.53. The number of methoxy groups -OCH3 is 2. The maximum absolute atomic E-state index is 13.7. The van der Waals surface area contributed by atoms with Gasteiger partial charge in [-0.3, -0.25) is 0 Å². The summed E-state index contributed by atoms with van der Waals surface area (Å²) in [5.41, 5.74) is 22.2. The SMILES string of the molecule is [H]/N=N/C1=C(N)c2ccccc2C(c2ccc(-c3ccc(C4(S(N)(=O)=O)CC(/N=N/[H])=C(N)c5ccccc54)c(OC)c3)cc2OC)(S(N)(=O)=O)C1. The predicted octanol–water partition coefficient (Wildman–Crippen LogP) is 4.56. The summed E-state index contributed by atoms with van der Waals surface area (Å²) in [7, 11) is -6.21. The van der Waals surface area contributed by atoms with Crippen molar-refractivity contribution in [2.24, 2.45) is 32.0 Å². The summed E-state index contributed by atoms with van der Waals surface area (Å²) in [6.45, 7) is 0. The van der Waals surface area contributed by atoms with Gasteiger partial charge in [-0.25, -0.2) is 38.2 Å². The molecule has 0 aliphatic heterocycles. The van der Waals surface area contributed by atoms with Crippen molar-refractivity contribution in [3.8, 4) is 22.6 Å². The molecule has 10 N–H and O–H groups in total. The van der Waals surface area contributed by atoms with Crippen LogP contribution >= 0.6 is 0 Å². The Morgan fingerprint density at radius 2 is 1.02 bits per heavy atom. The van der Waals surface area contributed by atoms with Gasteiger partial charge in [-0.15, -0.1) is 0 Å². The van der Waals surface area contributed by atoms with Crippen LogP contribution in [0.1, 0.15) is 46.2 Å².